The van der Waals surface area contributed by atoms with E-state index < -0.39 is 16.2 Å². The van der Waals surface area contributed by atoms with Crippen molar-refractivity contribution < 1.29 is 4.74 Å². The van der Waals surface area contributed by atoms with Gasteiger partial charge < -0.3 is 9.64 Å². The third kappa shape index (κ3) is 6.55. The Morgan fingerprint density at radius 1 is 0.271 bits per heavy atom. The van der Waals surface area contributed by atoms with Crippen molar-refractivity contribution in [2.24, 2.45) is 0 Å². The fourth-order valence-corrected chi connectivity index (χ4v) is 16.3. The molecule has 4 aliphatic carbocycles. The monoisotopic (exact) mass is 1090 g/mol. The summed E-state index contributed by atoms with van der Waals surface area (Å²) in [4.78, 5) is 2.54. The topological polar surface area (TPSA) is 12.5 Å². The Labute approximate surface area is 499 Å². The molecule has 0 atom stereocenters. The van der Waals surface area contributed by atoms with Gasteiger partial charge in [0.1, 0.15) is 5.75 Å². The molecule has 17 rings (SSSR count). The van der Waals surface area contributed by atoms with Crippen LogP contribution in [0.3, 0.4) is 0 Å². The number of anilines is 3. The third-order valence-corrected chi connectivity index (χ3v) is 20.0. The molecule has 2 heteroatoms. The van der Waals surface area contributed by atoms with Gasteiger partial charge in [-0.15, -0.1) is 0 Å². The van der Waals surface area contributed by atoms with Crippen LogP contribution in [0, 0.1) is 0 Å². The maximum Gasteiger partial charge on any atom is 0.156 e. The average molecular weight is 1090 g/mol. The van der Waals surface area contributed by atoms with Gasteiger partial charge in [-0.2, -0.15) is 0 Å². The number of rotatable bonds is 5. The number of hydrogen-bond acceptors (Lipinski definition) is 2. The van der Waals surface area contributed by atoms with Gasteiger partial charge >= 0.3 is 0 Å². The van der Waals surface area contributed by atoms with Gasteiger partial charge in [-0.3, -0.25) is 0 Å². The molecule has 12 aromatic carbocycles. The molecule has 0 bridgehead atoms. The van der Waals surface area contributed by atoms with Gasteiger partial charge in [-0.05, 0) is 158 Å². The van der Waals surface area contributed by atoms with E-state index >= 15 is 0 Å². The zero-order valence-corrected chi connectivity index (χ0v) is 48.8. The second-order valence-electron chi connectivity index (χ2n) is 26.2. The number of para-hydroxylation sites is 2. The van der Waals surface area contributed by atoms with E-state index in [2.05, 4.69) is 319 Å². The average Bonchev–Trinajstić information content (AvgIpc) is 1.63. The van der Waals surface area contributed by atoms with Crippen LogP contribution in [0.2, 0.25) is 0 Å². The van der Waals surface area contributed by atoms with Crippen molar-refractivity contribution in [3.63, 3.8) is 0 Å². The van der Waals surface area contributed by atoms with Gasteiger partial charge in [0, 0.05) is 22.5 Å². The first-order valence-corrected chi connectivity index (χ1v) is 30.2. The Hall–Kier alpha value is -9.76. The highest BCUT2D eigenvalue weighted by molar-refractivity contribution is 5.98. The molecule has 406 valence electrons. The summed E-state index contributed by atoms with van der Waals surface area (Å²) in [5.74, 6) is 1.71. The Balaban J connectivity index is 0.991. The van der Waals surface area contributed by atoms with Crippen molar-refractivity contribution in [2.45, 2.75) is 68.6 Å². The van der Waals surface area contributed by atoms with E-state index in [1.54, 1.807) is 0 Å². The van der Waals surface area contributed by atoms with Gasteiger partial charge in [0.15, 0.2) is 5.75 Å². The van der Waals surface area contributed by atoms with E-state index in [0.717, 1.165) is 39.7 Å². The minimum atomic E-state index is -0.727. The lowest BCUT2D eigenvalue weighted by Crippen LogP contribution is -2.33. The fourth-order valence-electron chi connectivity index (χ4n) is 16.3. The third-order valence-electron chi connectivity index (χ3n) is 20.0. The van der Waals surface area contributed by atoms with Crippen molar-refractivity contribution in [1.82, 2.24) is 0 Å². The lowest BCUT2D eigenvalue weighted by Gasteiger charge is -2.42. The van der Waals surface area contributed by atoms with E-state index in [0.29, 0.717) is 0 Å². The first-order chi connectivity index (χ1) is 41.4. The van der Waals surface area contributed by atoms with Crippen molar-refractivity contribution in [2.75, 3.05) is 4.90 Å². The molecule has 0 aromatic heterocycles. The molecule has 0 amide bonds. The molecule has 0 radical (unpaired) electrons. The molecule has 2 spiro atoms. The van der Waals surface area contributed by atoms with Gasteiger partial charge in [-0.25, -0.2) is 0 Å². The zero-order valence-electron chi connectivity index (χ0n) is 48.8. The van der Waals surface area contributed by atoms with Crippen molar-refractivity contribution in [3.05, 3.63) is 351 Å². The first-order valence-electron chi connectivity index (χ1n) is 30.2. The summed E-state index contributed by atoms with van der Waals surface area (Å²) >= 11 is 0. The molecular weight excluding hydrogens is 1030 g/mol. The van der Waals surface area contributed by atoms with Crippen LogP contribution in [-0.4, -0.2) is 0 Å². The van der Waals surface area contributed by atoms with Crippen LogP contribution in [0.15, 0.2) is 273 Å². The number of fused-ring (bicyclic) bond motifs is 22. The molecule has 2 nitrogen and oxygen atoms in total. The summed E-state index contributed by atoms with van der Waals surface area (Å²) in [6, 6.07) is 104. The van der Waals surface area contributed by atoms with Crippen LogP contribution in [0.25, 0.3) is 44.5 Å². The van der Waals surface area contributed by atoms with E-state index in [1.165, 1.54) is 111 Å². The van der Waals surface area contributed by atoms with Crippen LogP contribution in [0.1, 0.15) is 119 Å². The highest BCUT2D eigenvalue weighted by Gasteiger charge is 2.55. The predicted octanol–water partition coefficient (Wildman–Crippen LogP) is 20.9. The lowest BCUT2D eigenvalue weighted by molar-refractivity contribution is 0.437. The number of hydrogen-bond donors (Lipinski definition) is 0. The maximum atomic E-state index is 7.76. The summed E-state index contributed by atoms with van der Waals surface area (Å²) in [7, 11) is 0. The van der Waals surface area contributed by atoms with E-state index in [4.69, 9.17) is 4.74 Å². The van der Waals surface area contributed by atoms with Crippen LogP contribution >= 0.6 is 0 Å². The molecule has 0 saturated heterocycles. The molecule has 0 saturated carbocycles. The van der Waals surface area contributed by atoms with E-state index in [1.807, 2.05) is 0 Å². The molecule has 0 unspecified atom stereocenters. The van der Waals surface area contributed by atoms with Crippen molar-refractivity contribution >= 4 is 17.1 Å². The molecule has 0 fully saturated rings. The SMILES string of the molecule is CC(C)(C)c1ccc2c(c1)C1(c3ccccc3Oc3c(N(c4ccc5c(c4)C(c4ccccc4)(c4ccccc4)c4ccccc4-5)c4ccc5c(c4)C4(c6ccccc6-c6ccccc64)c4ccccc4-5)cccc31)c1cc(C(C)(C)C)ccc1-2. The van der Waals surface area contributed by atoms with Gasteiger partial charge in [0.25, 0.3) is 0 Å². The second kappa shape index (κ2) is 17.6. The molecule has 12 aromatic rings. The summed E-state index contributed by atoms with van der Waals surface area (Å²) in [6.07, 6.45) is 0. The number of benzene rings is 12. The highest BCUT2D eigenvalue weighted by atomic mass is 16.5. The second-order valence-corrected chi connectivity index (χ2v) is 26.2. The van der Waals surface area contributed by atoms with Crippen molar-refractivity contribution in [3.8, 4) is 56.0 Å². The maximum absolute atomic E-state index is 7.76. The van der Waals surface area contributed by atoms with Gasteiger partial charge in [-0.1, -0.05) is 278 Å². The zero-order chi connectivity index (χ0) is 57.2. The molecule has 85 heavy (non-hydrogen) atoms. The van der Waals surface area contributed by atoms with Gasteiger partial charge in [0.2, 0.25) is 0 Å². The van der Waals surface area contributed by atoms with Crippen LogP contribution in [-0.2, 0) is 27.1 Å². The smallest absolute Gasteiger partial charge is 0.156 e. The summed E-state index contributed by atoms with van der Waals surface area (Å²) < 4.78 is 7.76. The quantitative estimate of drug-likeness (QED) is 0.170. The fraction of sp³-hybridized carbons (Fsp3) is 0.133. The van der Waals surface area contributed by atoms with Gasteiger partial charge in [0.05, 0.1) is 21.9 Å². The standard InChI is InChI=1S/C83H63NO/c1-79(2,3)54-40-44-62-63-45-41-55(80(4,5)6)49-73(63)83(72(62)48-54)70-36-21-22-39-77(70)85-78-71(83)37-23-38-76(78)84(56-42-46-64-60-30-13-17-32-66(60)81(74(64)50-56,52-24-9-7-10-25-52)53-26-11-8-12-27-53)57-43-47-65-61-31-16-20-35-69(61)82(75(65)51-57)67-33-18-14-28-58(67)59-29-15-19-34-68(59)82/h7-51H,1-6H3. The molecular formula is C83H63NO. The molecule has 5 aliphatic rings. The lowest BCUT2D eigenvalue weighted by atomic mass is 9.64. The van der Waals surface area contributed by atoms with Crippen LogP contribution in [0.4, 0.5) is 17.1 Å². The molecule has 1 heterocycles. The minimum absolute atomic E-state index is 0.0966. The summed E-state index contributed by atoms with van der Waals surface area (Å²) in [5, 5.41) is 0. The van der Waals surface area contributed by atoms with Crippen LogP contribution < -0.4 is 9.64 Å². The predicted molar refractivity (Wildman–Crippen MR) is 350 cm³/mol. The normalized spacial score (nSPS) is 15.1. The summed E-state index contributed by atoms with van der Waals surface area (Å²) in [5.41, 5.74) is 28.8. The van der Waals surface area contributed by atoms with E-state index in [-0.39, 0.29) is 10.8 Å². The Kier molecular flexibility index (Phi) is 10.3. The molecule has 0 N–H and O–H groups in total. The summed E-state index contributed by atoms with van der Waals surface area (Å²) in [6.45, 7) is 14.0. The van der Waals surface area contributed by atoms with Crippen LogP contribution in [0.5, 0.6) is 11.5 Å². The Morgan fingerprint density at radius 2 is 0.612 bits per heavy atom. The largest absolute Gasteiger partial charge is 0.454 e. The van der Waals surface area contributed by atoms with Crippen molar-refractivity contribution in [1.29, 1.82) is 0 Å². The number of ether oxygens (including phenoxy) is 1. The molecule has 1 aliphatic heterocycles. The number of nitrogens with zero attached hydrogens (tertiary/aromatic N) is 1. The van der Waals surface area contributed by atoms with E-state index in [9.17, 15) is 0 Å². The first kappa shape index (κ1) is 49.8. The Bertz CT molecular complexity index is 4510. The highest BCUT2D eigenvalue weighted by Crippen LogP contribution is 2.67. The Morgan fingerprint density at radius 3 is 1.07 bits per heavy atom. The minimum Gasteiger partial charge on any atom is -0.454 e.